The van der Waals surface area contributed by atoms with Crippen LogP contribution in [0.5, 0.6) is 11.5 Å². The van der Waals surface area contributed by atoms with Crippen LogP contribution in [0.2, 0.25) is 0 Å². The number of nitrogens with zero attached hydrogens (tertiary/aromatic N) is 5. The number of fused-ring (bicyclic) bond motifs is 2. The van der Waals surface area contributed by atoms with Crippen molar-refractivity contribution in [3.8, 4) is 32.8 Å². The molecule has 4 aromatic heterocycles. The zero-order valence-corrected chi connectivity index (χ0v) is 24.9. The number of benzene rings is 2. The van der Waals surface area contributed by atoms with Crippen molar-refractivity contribution in [1.29, 1.82) is 0 Å². The third-order valence-corrected chi connectivity index (χ3v) is 9.00. The van der Waals surface area contributed by atoms with Gasteiger partial charge < -0.3 is 14.2 Å². The summed E-state index contributed by atoms with van der Waals surface area (Å²) in [5.74, 6) is 1.01. The summed E-state index contributed by atoms with van der Waals surface area (Å²) in [4.78, 5) is 28.4. The molecule has 40 heavy (non-hydrogen) atoms. The van der Waals surface area contributed by atoms with Gasteiger partial charge in [0.15, 0.2) is 0 Å². The van der Waals surface area contributed by atoms with Gasteiger partial charge in [0.2, 0.25) is 4.96 Å². The third-order valence-electron chi connectivity index (χ3n) is 6.00. The van der Waals surface area contributed by atoms with Gasteiger partial charge in [-0.15, -0.1) is 22.7 Å². The van der Waals surface area contributed by atoms with E-state index in [0.717, 1.165) is 52.0 Å². The molecule has 0 bridgehead atoms. The predicted molar refractivity (Wildman–Crippen MR) is 158 cm³/mol. The number of aromatic nitrogens is 5. The fourth-order valence-corrected chi connectivity index (χ4v) is 6.69. The van der Waals surface area contributed by atoms with E-state index in [4.69, 9.17) is 29.2 Å². The maximum atomic E-state index is 12.2. The molecule has 0 N–H and O–H groups in total. The van der Waals surface area contributed by atoms with Crippen molar-refractivity contribution in [3.05, 3.63) is 63.7 Å². The molecule has 0 aliphatic heterocycles. The molecule has 0 saturated carbocycles. The number of aryl methyl sites for hydroxylation is 2. The third kappa shape index (κ3) is 5.17. The van der Waals surface area contributed by atoms with E-state index in [0.29, 0.717) is 23.7 Å². The van der Waals surface area contributed by atoms with Crippen LogP contribution in [0, 0.1) is 13.8 Å². The lowest BCUT2D eigenvalue weighted by Crippen LogP contribution is -2.11. The maximum absolute atomic E-state index is 12.2. The summed E-state index contributed by atoms with van der Waals surface area (Å²) in [6.45, 7) is 7.94. The SMILES string of the molecule is COc1cc(OCc2nc(-c3ccc(C(=O)OC(C)C)cc3)sc2C)c2sc(-c3cn4nc(C)sc4n3)nc2c1. The number of methoxy groups -OCH3 is 1. The Kier molecular flexibility index (Phi) is 6.99. The van der Waals surface area contributed by atoms with Crippen LogP contribution in [0.4, 0.5) is 0 Å². The van der Waals surface area contributed by atoms with Gasteiger partial charge in [0, 0.05) is 22.6 Å². The Hall–Kier alpha value is -3.87. The number of carbonyl (C=O) groups is 1. The minimum absolute atomic E-state index is 0.164. The molecule has 0 saturated heterocycles. The summed E-state index contributed by atoms with van der Waals surface area (Å²) in [7, 11) is 1.63. The summed E-state index contributed by atoms with van der Waals surface area (Å²) in [5.41, 5.74) is 3.85. The van der Waals surface area contributed by atoms with Gasteiger partial charge in [0.05, 0.1) is 40.9 Å². The van der Waals surface area contributed by atoms with Crippen LogP contribution in [0.25, 0.3) is 36.5 Å². The van der Waals surface area contributed by atoms with E-state index in [2.05, 4.69) is 5.10 Å². The van der Waals surface area contributed by atoms with Crippen LogP contribution in [0.1, 0.15) is 39.8 Å². The van der Waals surface area contributed by atoms with Gasteiger partial charge in [0.1, 0.15) is 38.8 Å². The molecule has 9 nitrogen and oxygen atoms in total. The summed E-state index contributed by atoms with van der Waals surface area (Å²) < 4.78 is 19.8. The lowest BCUT2D eigenvalue weighted by Gasteiger charge is -2.08. The molecule has 0 spiro atoms. The lowest BCUT2D eigenvalue weighted by atomic mass is 10.1. The molecule has 2 aromatic carbocycles. The Morgan fingerprint density at radius 2 is 1.80 bits per heavy atom. The Morgan fingerprint density at radius 3 is 2.52 bits per heavy atom. The summed E-state index contributed by atoms with van der Waals surface area (Å²) >= 11 is 4.65. The fourth-order valence-electron chi connectivity index (χ4n) is 4.08. The molecule has 6 rings (SSSR count). The molecule has 6 aromatic rings. The highest BCUT2D eigenvalue weighted by molar-refractivity contribution is 7.22. The Morgan fingerprint density at radius 1 is 1.00 bits per heavy atom. The van der Waals surface area contributed by atoms with Crippen LogP contribution >= 0.6 is 34.0 Å². The van der Waals surface area contributed by atoms with E-state index in [1.807, 2.05) is 58.2 Å². The van der Waals surface area contributed by atoms with E-state index in [1.54, 1.807) is 46.4 Å². The first-order valence-electron chi connectivity index (χ1n) is 12.5. The topological polar surface area (TPSA) is 101 Å². The minimum atomic E-state index is -0.332. The van der Waals surface area contributed by atoms with Crippen LogP contribution in [-0.2, 0) is 11.3 Å². The lowest BCUT2D eigenvalue weighted by molar-refractivity contribution is 0.0378. The summed E-state index contributed by atoms with van der Waals surface area (Å²) in [6.07, 6.45) is 1.73. The first-order valence-corrected chi connectivity index (χ1v) is 14.9. The van der Waals surface area contributed by atoms with E-state index in [1.165, 1.54) is 11.3 Å². The van der Waals surface area contributed by atoms with Gasteiger partial charge in [-0.2, -0.15) is 5.10 Å². The average Bonchev–Trinajstić information content (AvgIpc) is 3.69. The molecular formula is C28H25N5O4S3. The van der Waals surface area contributed by atoms with Crippen molar-refractivity contribution in [2.24, 2.45) is 0 Å². The van der Waals surface area contributed by atoms with E-state index in [-0.39, 0.29) is 12.1 Å². The van der Waals surface area contributed by atoms with Gasteiger partial charge in [-0.25, -0.2) is 24.3 Å². The number of hydrogen-bond donors (Lipinski definition) is 0. The molecular weight excluding hydrogens is 567 g/mol. The van der Waals surface area contributed by atoms with E-state index >= 15 is 0 Å². The van der Waals surface area contributed by atoms with Gasteiger partial charge >= 0.3 is 5.97 Å². The van der Waals surface area contributed by atoms with E-state index < -0.39 is 0 Å². The zero-order valence-electron chi connectivity index (χ0n) is 22.4. The second-order valence-corrected chi connectivity index (χ2v) is 12.7. The summed E-state index contributed by atoms with van der Waals surface area (Å²) in [5, 5.41) is 7.06. The van der Waals surface area contributed by atoms with Crippen LogP contribution < -0.4 is 9.47 Å². The molecule has 12 heteroatoms. The van der Waals surface area contributed by atoms with Crippen molar-refractivity contribution in [1.82, 2.24) is 24.6 Å². The molecule has 0 aliphatic rings. The highest BCUT2D eigenvalue weighted by atomic mass is 32.1. The Labute approximate surface area is 242 Å². The molecule has 0 radical (unpaired) electrons. The molecule has 0 amide bonds. The Bertz CT molecular complexity index is 1820. The number of esters is 1. The molecule has 0 aliphatic carbocycles. The van der Waals surface area contributed by atoms with E-state index in [9.17, 15) is 4.79 Å². The highest BCUT2D eigenvalue weighted by Crippen LogP contribution is 2.39. The van der Waals surface area contributed by atoms with Gasteiger partial charge in [0.25, 0.3) is 0 Å². The van der Waals surface area contributed by atoms with Crippen LogP contribution in [0.15, 0.2) is 42.6 Å². The van der Waals surface area contributed by atoms with Crippen molar-refractivity contribution in [2.45, 2.75) is 40.4 Å². The normalized spacial score (nSPS) is 11.6. The van der Waals surface area contributed by atoms with Gasteiger partial charge in [-0.3, -0.25) is 0 Å². The standard InChI is InChI=1S/C28H25N5O4S3/c1-14(2)37-27(34)18-8-6-17(7-9-18)25-30-22(15(3)38-25)13-36-23-11-19(35-5)10-20-24(23)40-26(29-20)21-12-33-28(31-21)39-16(4)32-33/h6-12,14H,13H2,1-5H3. The Balaban J connectivity index is 1.24. The molecule has 0 atom stereocenters. The van der Waals surface area contributed by atoms with Crippen LogP contribution in [0.3, 0.4) is 0 Å². The van der Waals surface area contributed by atoms with Crippen molar-refractivity contribution < 1.29 is 19.0 Å². The number of imidazole rings is 1. The number of thiazole rings is 2. The molecule has 0 fully saturated rings. The number of rotatable bonds is 8. The predicted octanol–water partition coefficient (Wildman–Crippen LogP) is 6.96. The second kappa shape index (κ2) is 10.6. The molecule has 4 heterocycles. The second-order valence-electron chi connectivity index (χ2n) is 9.31. The number of hydrogen-bond acceptors (Lipinski definition) is 11. The van der Waals surface area contributed by atoms with Crippen molar-refractivity contribution >= 4 is 55.2 Å². The smallest absolute Gasteiger partial charge is 0.338 e. The molecule has 0 unspecified atom stereocenters. The first kappa shape index (κ1) is 26.4. The number of ether oxygens (including phenoxy) is 3. The van der Waals surface area contributed by atoms with Crippen LogP contribution in [-0.4, -0.2) is 43.7 Å². The quantitative estimate of drug-likeness (QED) is 0.175. The number of carbonyl (C=O) groups excluding carboxylic acids is 1. The van der Waals surface area contributed by atoms with Gasteiger partial charge in [-0.1, -0.05) is 23.5 Å². The average molecular weight is 592 g/mol. The first-order chi connectivity index (χ1) is 19.3. The monoisotopic (exact) mass is 591 g/mol. The van der Waals surface area contributed by atoms with Crippen molar-refractivity contribution in [3.63, 3.8) is 0 Å². The minimum Gasteiger partial charge on any atom is -0.497 e. The maximum Gasteiger partial charge on any atom is 0.338 e. The van der Waals surface area contributed by atoms with Gasteiger partial charge in [-0.05, 0) is 39.8 Å². The summed E-state index contributed by atoms with van der Waals surface area (Å²) in [6, 6.07) is 11.1. The zero-order chi connectivity index (χ0) is 28.0. The largest absolute Gasteiger partial charge is 0.497 e. The molecule has 204 valence electrons. The highest BCUT2D eigenvalue weighted by Gasteiger charge is 2.18. The van der Waals surface area contributed by atoms with Crippen molar-refractivity contribution in [2.75, 3.05) is 7.11 Å². The fraction of sp³-hybridized carbons (Fsp3) is 0.250.